The fourth-order valence-corrected chi connectivity index (χ4v) is 3.32. The Balaban J connectivity index is 1.93. The van der Waals surface area contributed by atoms with E-state index in [0.29, 0.717) is 11.3 Å². The van der Waals surface area contributed by atoms with E-state index in [-0.39, 0.29) is 11.1 Å². The van der Waals surface area contributed by atoms with Gasteiger partial charge in [-0.3, -0.25) is 0 Å². The van der Waals surface area contributed by atoms with Crippen molar-refractivity contribution < 1.29 is 4.42 Å². The summed E-state index contributed by atoms with van der Waals surface area (Å²) < 4.78 is 5.37. The molecule has 1 aromatic heterocycles. The van der Waals surface area contributed by atoms with Crippen LogP contribution in [-0.4, -0.2) is 17.1 Å². The van der Waals surface area contributed by atoms with Crippen molar-refractivity contribution in [2.75, 3.05) is 0 Å². The molecule has 1 aromatic rings. The van der Waals surface area contributed by atoms with Crippen molar-refractivity contribution in [3.05, 3.63) is 23.1 Å². The van der Waals surface area contributed by atoms with Gasteiger partial charge in [-0.1, -0.05) is 0 Å². The molecule has 0 aliphatic carbocycles. The van der Waals surface area contributed by atoms with Crippen molar-refractivity contribution in [1.29, 1.82) is 0 Å². The third-order valence-corrected chi connectivity index (χ3v) is 3.59. The molecule has 1 aliphatic rings. The molecule has 4 heteroatoms. The van der Waals surface area contributed by atoms with E-state index in [1.54, 1.807) is 6.07 Å². The first-order valence-corrected chi connectivity index (χ1v) is 6.91. The third-order valence-electron chi connectivity index (χ3n) is 3.38. The summed E-state index contributed by atoms with van der Waals surface area (Å²) in [5.41, 5.74) is 0.334. The molecule has 0 aromatic carbocycles. The van der Waals surface area contributed by atoms with E-state index in [1.807, 2.05) is 6.07 Å². The number of rotatable bonds is 3. The van der Waals surface area contributed by atoms with E-state index in [0.717, 1.165) is 25.1 Å². The highest BCUT2D eigenvalue weighted by atomic mass is 35.5. The van der Waals surface area contributed by atoms with E-state index in [9.17, 15) is 0 Å². The lowest BCUT2D eigenvalue weighted by atomic mass is 9.79. The van der Waals surface area contributed by atoms with Gasteiger partial charge in [-0.25, -0.2) is 0 Å². The average Bonchev–Trinajstić information content (AvgIpc) is 2.56. The zero-order chi connectivity index (χ0) is 13.4. The summed E-state index contributed by atoms with van der Waals surface area (Å²) in [4.78, 5) is 0. The summed E-state index contributed by atoms with van der Waals surface area (Å²) in [7, 11) is 0. The van der Waals surface area contributed by atoms with Gasteiger partial charge in [-0.05, 0) is 64.3 Å². The number of halogens is 1. The quantitative estimate of drug-likeness (QED) is 0.885. The van der Waals surface area contributed by atoms with Gasteiger partial charge < -0.3 is 15.1 Å². The summed E-state index contributed by atoms with van der Waals surface area (Å²) in [6, 6.07) is 4.21. The molecular formula is C14H23ClN2O. The van der Waals surface area contributed by atoms with Crippen LogP contribution in [-0.2, 0) is 6.54 Å². The van der Waals surface area contributed by atoms with Crippen LogP contribution in [0.25, 0.3) is 0 Å². The Kier molecular flexibility index (Phi) is 3.77. The van der Waals surface area contributed by atoms with Crippen LogP contribution in [0.1, 0.15) is 46.3 Å². The first kappa shape index (κ1) is 13.9. The Hall–Kier alpha value is -0.510. The Bertz CT molecular complexity index is 396. The SMILES string of the molecule is CC1(C)CC(NCc2ccc(Cl)o2)CC(C)(C)N1. The van der Waals surface area contributed by atoms with E-state index in [2.05, 4.69) is 38.3 Å². The number of hydrogen-bond acceptors (Lipinski definition) is 3. The van der Waals surface area contributed by atoms with Crippen molar-refractivity contribution in [2.45, 2.75) is 64.2 Å². The van der Waals surface area contributed by atoms with Gasteiger partial charge in [0.05, 0.1) is 6.54 Å². The molecule has 102 valence electrons. The number of piperidine rings is 1. The van der Waals surface area contributed by atoms with Gasteiger partial charge in [0.1, 0.15) is 5.76 Å². The predicted octanol–water partition coefficient (Wildman–Crippen LogP) is 3.33. The molecule has 1 saturated heterocycles. The minimum Gasteiger partial charge on any atom is -0.448 e. The van der Waals surface area contributed by atoms with Crippen molar-refractivity contribution in [1.82, 2.24) is 10.6 Å². The van der Waals surface area contributed by atoms with Crippen molar-refractivity contribution >= 4 is 11.6 Å². The van der Waals surface area contributed by atoms with Crippen LogP contribution >= 0.6 is 11.6 Å². The summed E-state index contributed by atoms with van der Waals surface area (Å²) in [5, 5.41) is 7.71. The van der Waals surface area contributed by atoms with Crippen LogP contribution in [0.3, 0.4) is 0 Å². The normalized spacial score (nSPS) is 23.2. The van der Waals surface area contributed by atoms with Gasteiger partial charge in [0.2, 0.25) is 0 Å². The number of hydrogen-bond donors (Lipinski definition) is 2. The summed E-state index contributed by atoms with van der Waals surface area (Å²) in [6.45, 7) is 9.76. The van der Waals surface area contributed by atoms with Crippen LogP contribution in [0.4, 0.5) is 0 Å². The first-order chi connectivity index (χ1) is 8.26. The summed E-state index contributed by atoms with van der Waals surface area (Å²) in [5.74, 6) is 0.897. The highest BCUT2D eigenvalue weighted by molar-refractivity contribution is 6.28. The molecule has 2 rings (SSSR count). The van der Waals surface area contributed by atoms with Gasteiger partial charge >= 0.3 is 0 Å². The lowest BCUT2D eigenvalue weighted by Gasteiger charge is -2.46. The van der Waals surface area contributed by atoms with Crippen LogP contribution < -0.4 is 10.6 Å². The molecule has 0 spiro atoms. The second-order valence-corrected chi connectivity index (χ2v) is 6.96. The van der Waals surface area contributed by atoms with Crippen LogP contribution in [0.2, 0.25) is 5.22 Å². The van der Waals surface area contributed by atoms with Gasteiger partial charge in [-0.2, -0.15) is 0 Å². The predicted molar refractivity (Wildman–Crippen MR) is 74.9 cm³/mol. The zero-order valence-corrected chi connectivity index (χ0v) is 12.4. The topological polar surface area (TPSA) is 37.2 Å². The fourth-order valence-electron chi connectivity index (χ4n) is 3.16. The highest BCUT2D eigenvalue weighted by Crippen LogP contribution is 2.28. The molecule has 0 atom stereocenters. The second-order valence-electron chi connectivity index (χ2n) is 6.58. The lowest BCUT2D eigenvalue weighted by molar-refractivity contribution is 0.144. The molecule has 0 saturated carbocycles. The van der Waals surface area contributed by atoms with Crippen LogP contribution in [0.5, 0.6) is 0 Å². The van der Waals surface area contributed by atoms with Crippen molar-refractivity contribution in [2.24, 2.45) is 0 Å². The van der Waals surface area contributed by atoms with E-state index < -0.39 is 0 Å². The monoisotopic (exact) mass is 270 g/mol. The molecule has 18 heavy (non-hydrogen) atoms. The molecule has 0 unspecified atom stereocenters. The molecule has 0 bridgehead atoms. The maximum atomic E-state index is 5.77. The van der Waals surface area contributed by atoms with Crippen molar-refractivity contribution in [3.63, 3.8) is 0 Å². The molecule has 0 radical (unpaired) electrons. The van der Waals surface area contributed by atoms with Gasteiger partial charge in [0, 0.05) is 17.1 Å². The lowest BCUT2D eigenvalue weighted by Crippen LogP contribution is -2.61. The Morgan fingerprint density at radius 3 is 2.39 bits per heavy atom. The van der Waals surface area contributed by atoms with E-state index in [4.69, 9.17) is 16.0 Å². The summed E-state index contributed by atoms with van der Waals surface area (Å²) in [6.07, 6.45) is 2.23. The first-order valence-electron chi connectivity index (χ1n) is 6.53. The molecular weight excluding hydrogens is 248 g/mol. The number of furan rings is 1. The molecule has 1 fully saturated rings. The van der Waals surface area contributed by atoms with Crippen LogP contribution in [0.15, 0.2) is 16.5 Å². The van der Waals surface area contributed by atoms with Gasteiger partial charge in [0.25, 0.3) is 0 Å². The smallest absolute Gasteiger partial charge is 0.193 e. The standard InChI is InChI=1S/C14H23ClN2O/c1-13(2)7-10(8-14(3,4)17-13)16-9-11-5-6-12(15)18-11/h5-6,10,16-17H,7-9H2,1-4H3. The molecule has 3 nitrogen and oxygen atoms in total. The Morgan fingerprint density at radius 1 is 1.28 bits per heavy atom. The molecule has 1 aliphatic heterocycles. The highest BCUT2D eigenvalue weighted by Gasteiger charge is 2.37. The van der Waals surface area contributed by atoms with Gasteiger partial charge in [0.15, 0.2) is 5.22 Å². The minimum absolute atomic E-state index is 0.167. The largest absolute Gasteiger partial charge is 0.448 e. The Morgan fingerprint density at radius 2 is 1.89 bits per heavy atom. The maximum absolute atomic E-state index is 5.77. The van der Waals surface area contributed by atoms with Crippen molar-refractivity contribution in [3.8, 4) is 0 Å². The maximum Gasteiger partial charge on any atom is 0.193 e. The molecule has 0 amide bonds. The van der Waals surface area contributed by atoms with Crippen LogP contribution in [0, 0.1) is 0 Å². The van der Waals surface area contributed by atoms with E-state index >= 15 is 0 Å². The minimum atomic E-state index is 0.167. The van der Waals surface area contributed by atoms with Gasteiger partial charge in [-0.15, -0.1) is 0 Å². The summed E-state index contributed by atoms with van der Waals surface area (Å²) >= 11 is 5.77. The molecule has 2 N–H and O–H groups in total. The Labute approximate surface area is 114 Å². The zero-order valence-electron chi connectivity index (χ0n) is 11.6. The van der Waals surface area contributed by atoms with E-state index in [1.165, 1.54) is 0 Å². The molecule has 2 heterocycles. The fraction of sp³-hybridized carbons (Fsp3) is 0.714. The average molecular weight is 271 g/mol. The second kappa shape index (κ2) is 4.87. The number of nitrogens with one attached hydrogen (secondary N) is 2. The third kappa shape index (κ3) is 3.74.